The van der Waals surface area contributed by atoms with Crippen molar-refractivity contribution in [1.82, 2.24) is 10.6 Å². The third-order valence-electron chi connectivity index (χ3n) is 3.39. The summed E-state index contributed by atoms with van der Waals surface area (Å²) >= 11 is 0. The SMILES string of the molecule is Cc1ccc(C(=O)NC2CCCNC2=O)cc1C#CCO. The van der Waals surface area contributed by atoms with E-state index in [4.69, 9.17) is 5.11 Å². The fraction of sp³-hybridized carbons (Fsp3) is 0.375. The van der Waals surface area contributed by atoms with Crippen LogP contribution in [0.15, 0.2) is 18.2 Å². The van der Waals surface area contributed by atoms with E-state index in [2.05, 4.69) is 22.5 Å². The molecule has 1 aliphatic rings. The zero-order valence-electron chi connectivity index (χ0n) is 11.9. The maximum Gasteiger partial charge on any atom is 0.251 e. The Labute approximate surface area is 123 Å². The molecular formula is C16H18N2O3. The monoisotopic (exact) mass is 286 g/mol. The lowest BCUT2D eigenvalue weighted by molar-refractivity contribution is -0.124. The molecule has 1 aromatic rings. The van der Waals surface area contributed by atoms with Crippen LogP contribution in [-0.2, 0) is 4.79 Å². The molecule has 1 heterocycles. The van der Waals surface area contributed by atoms with Gasteiger partial charge in [0, 0.05) is 17.7 Å². The number of carbonyl (C=O) groups is 2. The van der Waals surface area contributed by atoms with Gasteiger partial charge in [0.25, 0.3) is 5.91 Å². The number of aryl methyl sites for hydroxylation is 1. The highest BCUT2D eigenvalue weighted by molar-refractivity contribution is 5.98. The molecule has 3 N–H and O–H groups in total. The smallest absolute Gasteiger partial charge is 0.251 e. The van der Waals surface area contributed by atoms with Crippen molar-refractivity contribution < 1.29 is 14.7 Å². The molecule has 2 rings (SSSR count). The minimum Gasteiger partial charge on any atom is -0.384 e. The Morgan fingerprint density at radius 1 is 1.52 bits per heavy atom. The van der Waals surface area contributed by atoms with E-state index in [1.807, 2.05) is 6.92 Å². The van der Waals surface area contributed by atoms with Crippen molar-refractivity contribution in [3.63, 3.8) is 0 Å². The van der Waals surface area contributed by atoms with Crippen LogP contribution in [0.3, 0.4) is 0 Å². The largest absolute Gasteiger partial charge is 0.384 e. The highest BCUT2D eigenvalue weighted by atomic mass is 16.2. The van der Waals surface area contributed by atoms with E-state index in [9.17, 15) is 9.59 Å². The predicted molar refractivity (Wildman–Crippen MR) is 78.6 cm³/mol. The van der Waals surface area contributed by atoms with Crippen molar-refractivity contribution in [2.24, 2.45) is 0 Å². The zero-order chi connectivity index (χ0) is 15.2. The third-order valence-corrected chi connectivity index (χ3v) is 3.39. The van der Waals surface area contributed by atoms with Gasteiger partial charge in [-0.15, -0.1) is 0 Å². The molecule has 1 unspecified atom stereocenters. The van der Waals surface area contributed by atoms with Gasteiger partial charge in [0.05, 0.1) is 0 Å². The normalized spacial score (nSPS) is 17.4. The summed E-state index contributed by atoms with van der Waals surface area (Å²) in [5.41, 5.74) is 2.09. The fourth-order valence-electron chi connectivity index (χ4n) is 2.18. The van der Waals surface area contributed by atoms with Gasteiger partial charge < -0.3 is 15.7 Å². The number of amides is 2. The molecular weight excluding hydrogens is 268 g/mol. The van der Waals surface area contributed by atoms with Gasteiger partial charge >= 0.3 is 0 Å². The average molecular weight is 286 g/mol. The second-order valence-corrected chi connectivity index (χ2v) is 4.95. The Kier molecular flexibility index (Phi) is 4.96. The van der Waals surface area contributed by atoms with Crippen LogP contribution in [0.25, 0.3) is 0 Å². The van der Waals surface area contributed by atoms with E-state index in [1.54, 1.807) is 18.2 Å². The van der Waals surface area contributed by atoms with Gasteiger partial charge in [-0.05, 0) is 37.5 Å². The maximum atomic E-state index is 12.2. The Morgan fingerprint density at radius 3 is 3.05 bits per heavy atom. The molecule has 1 saturated heterocycles. The molecule has 0 bridgehead atoms. The lowest BCUT2D eigenvalue weighted by Gasteiger charge is -2.22. The molecule has 0 radical (unpaired) electrons. The van der Waals surface area contributed by atoms with E-state index in [0.29, 0.717) is 24.1 Å². The van der Waals surface area contributed by atoms with Crippen molar-refractivity contribution in [2.45, 2.75) is 25.8 Å². The van der Waals surface area contributed by atoms with Crippen molar-refractivity contribution >= 4 is 11.8 Å². The molecule has 1 aliphatic heterocycles. The van der Waals surface area contributed by atoms with E-state index < -0.39 is 6.04 Å². The summed E-state index contributed by atoms with van der Waals surface area (Å²) in [5, 5.41) is 14.2. The van der Waals surface area contributed by atoms with E-state index in [-0.39, 0.29) is 18.4 Å². The standard InChI is InChI=1S/C16H18N2O3/c1-11-6-7-13(10-12(11)4-3-9-19)15(20)18-14-5-2-8-17-16(14)21/h6-7,10,14,19H,2,5,8-9H2,1H3,(H,17,21)(H,18,20). The molecule has 5 heteroatoms. The number of hydrogen-bond donors (Lipinski definition) is 3. The average Bonchev–Trinajstić information content (AvgIpc) is 2.48. The first kappa shape index (κ1) is 15.1. The van der Waals surface area contributed by atoms with Gasteiger partial charge in [-0.2, -0.15) is 0 Å². The van der Waals surface area contributed by atoms with E-state index >= 15 is 0 Å². The number of hydrogen-bond acceptors (Lipinski definition) is 3. The number of carbonyl (C=O) groups excluding carboxylic acids is 2. The van der Waals surface area contributed by atoms with Crippen LogP contribution >= 0.6 is 0 Å². The summed E-state index contributed by atoms with van der Waals surface area (Å²) in [6.07, 6.45) is 1.51. The lowest BCUT2D eigenvalue weighted by Crippen LogP contribution is -2.50. The summed E-state index contributed by atoms with van der Waals surface area (Å²) < 4.78 is 0. The van der Waals surface area contributed by atoms with Gasteiger partial charge in [-0.3, -0.25) is 9.59 Å². The van der Waals surface area contributed by atoms with Gasteiger partial charge in [-0.25, -0.2) is 0 Å². The Hall–Kier alpha value is -2.32. The topological polar surface area (TPSA) is 78.4 Å². The van der Waals surface area contributed by atoms with Gasteiger partial charge in [0.2, 0.25) is 5.91 Å². The number of rotatable bonds is 2. The minimum atomic E-state index is -0.473. The summed E-state index contributed by atoms with van der Waals surface area (Å²) in [6.45, 7) is 2.33. The van der Waals surface area contributed by atoms with E-state index in [0.717, 1.165) is 12.0 Å². The molecule has 2 amide bonds. The fourth-order valence-corrected chi connectivity index (χ4v) is 2.18. The Morgan fingerprint density at radius 2 is 2.33 bits per heavy atom. The molecule has 0 aliphatic carbocycles. The summed E-state index contributed by atoms with van der Waals surface area (Å²) in [5.74, 6) is 4.96. The first-order valence-electron chi connectivity index (χ1n) is 6.91. The molecule has 0 spiro atoms. The van der Waals surface area contributed by atoms with E-state index in [1.165, 1.54) is 0 Å². The number of benzene rings is 1. The number of aliphatic hydroxyl groups excluding tert-OH is 1. The van der Waals surface area contributed by atoms with Crippen LogP contribution in [0.5, 0.6) is 0 Å². The summed E-state index contributed by atoms with van der Waals surface area (Å²) in [7, 11) is 0. The molecule has 5 nitrogen and oxygen atoms in total. The Bertz CT molecular complexity index is 614. The van der Waals surface area contributed by atoms with Crippen molar-refractivity contribution in [2.75, 3.05) is 13.2 Å². The van der Waals surface area contributed by atoms with Crippen molar-refractivity contribution in [1.29, 1.82) is 0 Å². The van der Waals surface area contributed by atoms with Crippen LogP contribution in [0.2, 0.25) is 0 Å². The molecule has 21 heavy (non-hydrogen) atoms. The second-order valence-electron chi connectivity index (χ2n) is 4.95. The first-order chi connectivity index (χ1) is 10.1. The molecule has 1 fully saturated rings. The van der Waals surface area contributed by atoms with Crippen molar-refractivity contribution in [3.05, 3.63) is 34.9 Å². The maximum absolute atomic E-state index is 12.2. The number of piperidine rings is 1. The highest BCUT2D eigenvalue weighted by Gasteiger charge is 2.24. The molecule has 1 atom stereocenters. The molecule has 110 valence electrons. The highest BCUT2D eigenvalue weighted by Crippen LogP contribution is 2.11. The number of aliphatic hydroxyl groups is 1. The van der Waals surface area contributed by atoms with Crippen molar-refractivity contribution in [3.8, 4) is 11.8 Å². The van der Waals surface area contributed by atoms with Gasteiger partial charge in [-0.1, -0.05) is 17.9 Å². The minimum absolute atomic E-state index is 0.137. The molecule has 0 aromatic heterocycles. The third kappa shape index (κ3) is 3.83. The zero-order valence-corrected chi connectivity index (χ0v) is 11.9. The summed E-state index contributed by atoms with van der Waals surface area (Å²) in [6, 6.07) is 4.71. The van der Waals surface area contributed by atoms with Gasteiger partial charge in [0.1, 0.15) is 12.6 Å². The predicted octanol–water partition coefficient (Wildman–Crippen LogP) is 0.347. The second kappa shape index (κ2) is 6.91. The Balaban J connectivity index is 2.13. The molecule has 1 aromatic carbocycles. The quantitative estimate of drug-likeness (QED) is 0.686. The van der Waals surface area contributed by atoms with Crippen LogP contribution in [0, 0.1) is 18.8 Å². The summed E-state index contributed by atoms with van der Waals surface area (Å²) in [4.78, 5) is 23.9. The van der Waals surface area contributed by atoms with Crippen LogP contribution < -0.4 is 10.6 Å². The van der Waals surface area contributed by atoms with Crippen LogP contribution in [-0.4, -0.2) is 36.1 Å². The first-order valence-corrected chi connectivity index (χ1v) is 6.91. The van der Waals surface area contributed by atoms with Crippen LogP contribution in [0.4, 0.5) is 0 Å². The van der Waals surface area contributed by atoms with Crippen LogP contribution in [0.1, 0.15) is 34.3 Å². The molecule has 0 saturated carbocycles. The van der Waals surface area contributed by atoms with Gasteiger partial charge in [0.15, 0.2) is 0 Å². The number of nitrogens with one attached hydrogen (secondary N) is 2. The lowest BCUT2D eigenvalue weighted by atomic mass is 10.0.